The maximum atomic E-state index is 3.19. The average Bonchev–Trinajstić information content (AvgIpc) is 2.33. The maximum Gasteiger partial charge on any atom is 0.0202 e. The first kappa shape index (κ1) is 11.9. The molecule has 0 aliphatic heterocycles. The van der Waals surface area contributed by atoms with Gasteiger partial charge in [0.05, 0.1) is 0 Å². The van der Waals surface area contributed by atoms with Gasteiger partial charge in [-0.2, -0.15) is 0 Å². The number of benzene rings is 2. The van der Waals surface area contributed by atoms with Crippen LogP contribution in [0.15, 0.2) is 42.5 Å². The molecule has 0 aliphatic rings. The van der Waals surface area contributed by atoms with Crippen LogP contribution in [0, 0.1) is 13.8 Å². The van der Waals surface area contributed by atoms with Gasteiger partial charge in [-0.25, -0.2) is 0 Å². The van der Waals surface area contributed by atoms with Crippen LogP contribution < -0.4 is 5.32 Å². The summed E-state index contributed by atoms with van der Waals surface area (Å²) in [6.45, 7) is 5.20. The Morgan fingerprint density at radius 1 is 0.941 bits per heavy atom. The molecule has 0 amide bonds. The van der Waals surface area contributed by atoms with Crippen molar-refractivity contribution in [1.29, 1.82) is 0 Å². The molecule has 0 heterocycles. The van der Waals surface area contributed by atoms with Crippen LogP contribution in [-0.4, -0.2) is 7.05 Å². The highest BCUT2D eigenvalue weighted by atomic mass is 14.8. The van der Waals surface area contributed by atoms with Gasteiger partial charge in [0.15, 0.2) is 0 Å². The number of hydrogen-bond donors (Lipinski definition) is 1. The zero-order valence-electron chi connectivity index (χ0n) is 10.7. The molecule has 0 aromatic heterocycles. The van der Waals surface area contributed by atoms with Gasteiger partial charge in [0, 0.05) is 6.54 Å². The summed E-state index contributed by atoms with van der Waals surface area (Å²) in [5, 5.41) is 3.19. The lowest BCUT2D eigenvalue weighted by Crippen LogP contribution is -2.05. The molecular formula is C16H19N. The van der Waals surface area contributed by atoms with Gasteiger partial charge in [-0.3, -0.25) is 0 Å². The second-order valence-corrected chi connectivity index (χ2v) is 4.55. The second-order valence-electron chi connectivity index (χ2n) is 4.55. The molecule has 2 aromatic carbocycles. The molecule has 0 saturated carbocycles. The lowest BCUT2D eigenvalue weighted by molar-refractivity contribution is 0.818. The molecule has 0 aliphatic carbocycles. The minimum Gasteiger partial charge on any atom is -0.316 e. The van der Waals surface area contributed by atoms with Gasteiger partial charge >= 0.3 is 0 Å². The van der Waals surface area contributed by atoms with Crippen LogP contribution in [0.4, 0.5) is 0 Å². The van der Waals surface area contributed by atoms with Gasteiger partial charge in [0.2, 0.25) is 0 Å². The van der Waals surface area contributed by atoms with Gasteiger partial charge in [0.25, 0.3) is 0 Å². The minimum atomic E-state index is 0.916. The van der Waals surface area contributed by atoms with E-state index in [0.717, 1.165) is 6.54 Å². The van der Waals surface area contributed by atoms with Gasteiger partial charge in [0.1, 0.15) is 0 Å². The van der Waals surface area contributed by atoms with E-state index in [9.17, 15) is 0 Å². The Morgan fingerprint density at radius 2 is 1.65 bits per heavy atom. The predicted molar refractivity (Wildman–Crippen MR) is 74.1 cm³/mol. The molecular weight excluding hydrogens is 206 g/mol. The number of hydrogen-bond acceptors (Lipinski definition) is 1. The molecule has 1 N–H and O–H groups in total. The highest BCUT2D eigenvalue weighted by Crippen LogP contribution is 2.24. The Hall–Kier alpha value is -1.60. The Kier molecular flexibility index (Phi) is 3.60. The summed E-state index contributed by atoms with van der Waals surface area (Å²) >= 11 is 0. The van der Waals surface area contributed by atoms with Crippen molar-refractivity contribution >= 4 is 0 Å². The van der Waals surface area contributed by atoms with Crippen molar-refractivity contribution in [1.82, 2.24) is 5.32 Å². The summed E-state index contributed by atoms with van der Waals surface area (Å²) < 4.78 is 0. The van der Waals surface area contributed by atoms with Crippen LogP contribution in [0.25, 0.3) is 11.1 Å². The summed E-state index contributed by atoms with van der Waals surface area (Å²) in [5.74, 6) is 0. The molecule has 0 radical (unpaired) electrons. The SMILES string of the molecule is CNCc1ccc(C)c(-c2ccc(C)cc2)c1. The fourth-order valence-electron chi connectivity index (χ4n) is 2.03. The van der Waals surface area contributed by atoms with E-state index in [1.165, 1.54) is 27.8 Å². The molecule has 1 nitrogen and oxygen atoms in total. The van der Waals surface area contributed by atoms with E-state index < -0.39 is 0 Å². The van der Waals surface area contributed by atoms with Crippen LogP contribution >= 0.6 is 0 Å². The third-order valence-corrected chi connectivity index (χ3v) is 3.05. The lowest BCUT2D eigenvalue weighted by atomic mass is 9.97. The molecule has 0 spiro atoms. The maximum absolute atomic E-state index is 3.19. The number of nitrogens with one attached hydrogen (secondary N) is 1. The minimum absolute atomic E-state index is 0.916. The second kappa shape index (κ2) is 5.15. The van der Waals surface area contributed by atoms with Gasteiger partial charge in [-0.05, 0) is 49.2 Å². The smallest absolute Gasteiger partial charge is 0.0202 e. The summed E-state index contributed by atoms with van der Waals surface area (Å²) in [4.78, 5) is 0. The monoisotopic (exact) mass is 225 g/mol. The van der Waals surface area contributed by atoms with E-state index in [2.05, 4.69) is 61.6 Å². The van der Waals surface area contributed by atoms with E-state index in [0.29, 0.717) is 0 Å². The molecule has 0 atom stereocenters. The Labute approximate surface area is 103 Å². The lowest BCUT2D eigenvalue weighted by Gasteiger charge is -2.09. The Morgan fingerprint density at radius 3 is 2.29 bits per heavy atom. The Balaban J connectivity index is 2.42. The molecule has 0 unspecified atom stereocenters. The van der Waals surface area contributed by atoms with Crippen LogP contribution in [-0.2, 0) is 6.54 Å². The van der Waals surface area contributed by atoms with Gasteiger partial charge < -0.3 is 5.32 Å². The average molecular weight is 225 g/mol. The molecule has 0 bridgehead atoms. The first-order chi connectivity index (χ1) is 8.20. The van der Waals surface area contributed by atoms with Crippen molar-refractivity contribution < 1.29 is 0 Å². The molecule has 2 aromatic rings. The molecule has 17 heavy (non-hydrogen) atoms. The number of rotatable bonds is 3. The third-order valence-electron chi connectivity index (χ3n) is 3.05. The zero-order chi connectivity index (χ0) is 12.3. The van der Waals surface area contributed by atoms with E-state index in [4.69, 9.17) is 0 Å². The van der Waals surface area contributed by atoms with Crippen molar-refractivity contribution in [3.8, 4) is 11.1 Å². The van der Waals surface area contributed by atoms with Crippen LogP contribution in [0.1, 0.15) is 16.7 Å². The van der Waals surface area contributed by atoms with Gasteiger partial charge in [-0.15, -0.1) is 0 Å². The standard InChI is InChI=1S/C16H19N/c1-12-4-8-15(9-5-12)16-10-14(11-17-3)7-6-13(16)2/h4-10,17H,11H2,1-3H3. The van der Waals surface area contributed by atoms with Crippen LogP contribution in [0.5, 0.6) is 0 Å². The largest absolute Gasteiger partial charge is 0.316 e. The van der Waals surface area contributed by atoms with Crippen molar-refractivity contribution in [2.45, 2.75) is 20.4 Å². The molecule has 0 fully saturated rings. The first-order valence-corrected chi connectivity index (χ1v) is 6.02. The van der Waals surface area contributed by atoms with E-state index >= 15 is 0 Å². The highest BCUT2D eigenvalue weighted by molar-refractivity contribution is 5.68. The molecule has 1 heteroatoms. The summed E-state index contributed by atoms with van der Waals surface area (Å²) in [6.07, 6.45) is 0. The summed E-state index contributed by atoms with van der Waals surface area (Å²) in [7, 11) is 1.98. The Bertz CT molecular complexity index is 497. The van der Waals surface area contributed by atoms with E-state index in [-0.39, 0.29) is 0 Å². The van der Waals surface area contributed by atoms with Crippen LogP contribution in [0.3, 0.4) is 0 Å². The fourth-order valence-corrected chi connectivity index (χ4v) is 2.03. The van der Waals surface area contributed by atoms with Crippen molar-refractivity contribution in [2.75, 3.05) is 7.05 Å². The van der Waals surface area contributed by atoms with Crippen molar-refractivity contribution in [3.05, 3.63) is 59.2 Å². The number of aryl methyl sites for hydroxylation is 2. The molecule has 88 valence electrons. The van der Waals surface area contributed by atoms with Crippen molar-refractivity contribution in [3.63, 3.8) is 0 Å². The summed E-state index contributed by atoms with van der Waals surface area (Å²) in [6, 6.07) is 15.4. The highest BCUT2D eigenvalue weighted by Gasteiger charge is 2.03. The molecule has 0 saturated heterocycles. The summed E-state index contributed by atoms with van der Waals surface area (Å²) in [5.41, 5.74) is 6.59. The third kappa shape index (κ3) is 2.75. The van der Waals surface area contributed by atoms with E-state index in [1.807, 2.05) is 7.05 Å². The topological polar surface area (TPSA) is 12.0 Å². The molecule has 2 rings (SSSR count). The van der Waals surface area contributed by atoms with Crippen molar-refractivity contribution in [2.24, 2.45) is 0 Å². The predicted octanol–water partition coefficient (Wildman–Crippen LogP) is 3.69. The first-order valence-electron chi connectivity index (χ1n) is 6.02. The fraction of sp³-hybridized carbons (Fsp3) is 0.250. The normalized spacial score (nSPS) is 10.5. The van der Waals surface area contributed by atoms with E-state index in [1.54, 1.807) is 0 Å². The zero-order valence-corrected chi connectivity index (χ0v) is 10.7. The van der Waals surface area contributed by atoms with Gasteiger partial charge in [-0.1, -0.05) is 42.0 Å². The quantitative estimate of drug-likeness (QED) is 0.840. The van der Waals surface area contributed by atoms with Crippen LogP contribution in [0.2, 0.25) is 0 Å².